The second-order valence-corrected chi connectivity index (χ2v) is 10.1. The number of nitrogens with zero attached hydrogens (tertiary/aromatic N) is 3. The van der Waals surface area contributed by atoms with Crippen molar-refractivity contribution in [2.24, 2.45) is 5.92 Å². The molecule has 2 N–H and O–H groups in total. The fourth-order valence-electron chi connectivity index (χ4n) is 5.63. The Kier molecular flexibility index (Phi) is 6.75. The third-order valence-corrected chi connectivity index (χ3v) is 7.71. The lowest BCUT2D eigenvalue weighted by atomic mass is 9.91. The van der Waals surface area contributed by atoms with Crippen LogP contribution in [0.4, 0.5) is 5.82 Å². The Morgan fingerprint density at radius 3 is 2.71 bits per heavy atom. The second-order valence-electron chi connectivity index (χ2n) is 9.65. The highest BCUT2D eigenvalue weighted by Gasteiger charge is 2.38. The zero-order valence-corrected chi connectivity index (χ0v) is 20.0. The van der Waals surface area contributed by atoms with Gasteiger partial charge in [0.15, 0.2) is 0 Å². The van der Waals surface area contributed by atoms with E-state index in [2.05, 4.69) is 17.4 Å². The van der Waals surface area contributed by atoms with Crippen LogP contribution in [0.25, 0.3) is 0 Å². The summed E-state index contributed by atoms with van der Waals surface area (Å²) < 4.78 is 0. The Morgan fingerprint density at radius 2 is 1.94 bits per heavy atom. The maximum absolute atomic E-state index is 13.3. The predicted molar refractivity (Wildman–Crippen MR) is 131 cm³/mol. The number of aryl methyl sites for hydroxylation is 1. The number of carbonyl (C=O) groups is 2. The Bertz CT molecular complexity index is 1070. The molecule has 8 heteroatoms. The van der Waals surface area contributed by atoms with Crippen LogP contribution in [0.5, 0.6) is 0 Å². The number of carboxylic acids is 1. The number of halogens is 1. The van der Waals surface area contributed by atoms with E-state index < -0.39 is 12.0 Å². The number of fused-ring (bicyclic) bond motifs is 1. The van der Waals surface area contributed by atoms with E-state index in [9.17, 15) is 14.7 Å². The average Bonchev–Trinajstić information content (AvgIpc) is 3.33. The van der Waals surface area contributed by atoms with Crippen LogP contribution in [0.3, 0.4) is 0 Å². The molecular weight excluding hydrogens is 452 g/mol. The predicted octanol–water partition coefficient (Wildman–Crippen LogP) is 3.95. The Labute approximate surface area is 205 Å². The Morgan fingerprint density at radius 1 is 1.12 bits per heavy atom. The first-order valence-corrected chi connectivity index (χ1v) is 12.6. The van der Waals surface area contributed by atoms with E-state index in [0.717, 1.165) is 56.8 Å². The monoisotopic (exact) mass is 482 g/mol. The molecule has 2 aromatic rings. The molecule has 2 fully saturated rings. The number of pyridine rings is 1. The van der Waals surface area contributed by atoms with Gasteiger partial charge in [-0.15, -0.1) is 0 Å². The number of amides is 1. The van der Waals surface area contributed by atoms with E-state index >= 15 is 0 Å². The van der Waals surface area contributed by atoms with Gasteiger partial charge in [-0.25, -0.2) is 4.98 Å². The highest BCUT2D eigenvalue weighted by atomic mass is 35.5. The van der Waals surface area contributed by atoms with Gasteiger partial charge in [0.05, 0.1) is 5.92 Å². The standard InChI is InChI=1S/C26H31ClN4O3/c27-21-5-1-3-19(15-21)23(26(33)34)31-14-10-20(16-31)25(32)30-12-8-17(9-13-30)22-7-6-18-4-2-11-28-24(18)29-22/h1,3,5-7,15,17,20,23H,2,4,8-14,16H2,(H,28,29)(H,33,34)/t20-,23+/m1/s1. The number of aromatic nitrogens is 1. The van der Waals surface area contributed by atoms with E-state index in [4.69, 9.17) is 16.6 Å². The smallest absolute Gasteiger partial charge is 0.325 e. The van der Waals surface area contributed by atoms with Gasteiger partial charge in [0.25, 0.3) is 0 Å². The van der Waals surface area contributed by atoms with Gasteiger partial charge in [0.2, 0.25) is 5.91 Å². The first kappa shape index (κ1) is 23.1. The number of nitrogens with one attached hydrogen (secondary N) is 1. The normalized spacial score (nSPS) is 22.1. The minimum atomic E-state index is -0.914. The summed E-state index contributed by atoms with van der Waals surface area (Å²) >= 11 is 6.09. The number of hydrogen-bond acceptors (Lipinski definition) is 5. The van der Waals surface area contributed by atoms with Crippen molar-refractivity contribution in [1.29, 1.82) is 0 Å². The lowest BCUT2D eigenvalue weighted by molar-refractivity contribution is -0.144. The van der Waals surface area contributed by atoms with Gasteiger partial charge < -0.3 is 15.3 Å². The van der Waals surface area contributed by atoms with Crippen LogP contribution in [-0.4, -0.2) is 64.5 Å². The minimum absolute atomic E-state index is 0.149. The SMILES string of the molecule is O=C(O)[C@H](c1cccc(Cl)c1)N1CC[C@@H](C(=O)N2CCC(c3ccc4c(n3)NCCC4)CC2)C1. The maximum atomic E-state index is 13.3. The van der Waals surface area contributed by atoms with Gasteiger partial charge in [0, 0.05) is 49.4 Å². The highest BCUT2D eigenvalue weighted by Crippen LogP contribution is 2.33. The van der Waals surface area contributed by atoms with E-state index in [1.165, 1.54) is 5.56 Å². The molecule has 1 aromatic carbocycles. The second kappa shape index (κ2) is 9.92. The van der Waals surface area contributed by atoms with Crippen LogP contribution in [-0.2, 0) is 16.0 Å². The average molecular weight is 483 g/mol. The highest BCUT2D eigenvalue weighted by molar-refractivity contribution is 6.30. The molecule has 2 atom stereocenters. The summed E-state index contributed by atoms with van der Waals surface area (Å²) in [6.07, 6.45) is 4.74. The molecule has 0 aliphatic carbocycles. The van der Waals surface area contributed by atoms with Crippen LogP contribution in [0.1, 0.15) is 54.5 Å². The van der Waals surface area contributed by atoms with Crippen LogP contribution < -0.4 is 5.32 Å². The zero-order chi connectivity index (χ0) is 23.7. The molecular formula is C26H31ClN4O3. The minimum Gasteiger partial charge on any atom is -0.480 e. The summed E-state index contributed by atoms with van der Waals surface area (Å²) in [4.78, 5) is 34.1. The molecule has 3 aliphatic rings. The zero-order valence-electron chi connectivity index (χ0n) is 19.3. The molecule has 0 bridgehead atoms. The van der Waals surface area contributed by atoms with E-state index in [1.54, 1.807) is 24.3 Å². The van der Waals surface area contributed by atoms with Crippen LogP contribution in [0.15, 0.2) is 36.4 Å². The van der Waals surface area contributed by atoms with Gasteiger partial charge in [-0.1, -0.05) is 29.8 Å². The van der Waals surface area contributed by atoms with Crippen LogP contribution >= 0.6 is 11.6 Å². The third-order valence-electron chi connectivity index (χ3n) is 7.47. The molecule has 34 heavy (non-hydrogen) atoms. The van der Waals surface area contributed by atoms with Gasteiger partial charge in [0.1, 0.15) is 11.9 Å². The maximum Gasteiger partial charge on any atom is 0.325 e. The molecule has 2 saturated heterocycles. The summed E-state index contributed by atoms with van der Waals surface area (Å²) in [7, 11) is 0. The van der Waals surface area contributed by atoms with Crippen molar-refractivity contribution in [3.8, 4) is 0 Å². The van der Waals surface area contributed by atoms with E-state index in [0.29, 0.717) is 36.0 Å². The van der Waals surface area contributed by atoms with Crippen molar-refractivity contribution in [1.82, 2.24) is 14.8 Å². The van der Waals surface area contributed by atoms with E-state index in [1.807, 2.05) is 9.80 Å². The van der Waals surface area contributed by atoms with Crippen molar-refractivity contribution in [2.45, 2.75) is 44.1 Å². The number of carbonyl (C=O) groups excluding carboxylic acids is 1. The molecule has 7 nitrogen and oxygen atoms in total. The topological polar surface area (TPSA) is 85.8 Å². The molecule has 5 rings (SSSR count). The molecule has 0 radical (unpaired) electrons. The molecule has 180 valence electrons. The van der Waals surface area contributed by atoms with Gasteiger partial charge in [-0.3, -0.25) is 14.5 Å². The number of piperidine rings is 1. The molecule has 1 aromatic heterocycles. The number of likely N-dealkylation sites (tertiary alicyclic amines) is 2. The summed E-state index contributed by atoms with van der Waals surface area (Å²) in [5.74, 6) is 0.474. The van der Waals surface area contributed by atoms with Gasteiger partial charge >= 0.3 is 5.97 Å². The number of anilines is 1. The molecule has 4 heterocycles. The van der Waals surface area contributed by atoms with Crippen molar-refractivity contribution < 1.29 is 14.7 Å². The number of benzene rings is 1. The molecule has 0 saturated carbocycles. The molecule has 0 unspecified atom stereocenters. The van der Waals surface area contributed by atoms with E-state index in [-0.39, 0.29) is 11.8 Å². The van der Waals surface area contributed by atoms with Gasteiger partial charge in [-0.05, 0) is 61.4 Å². The number of hydrogen-bond donors (Lipinski definition) is 2. The van der Waals surface area contributed by atoms with Crippen molar-refractivity contribution in [2.75, 3.05) is 38.0 Å². The van der Waals surface area contributed by atoms with Gasteiger partial charge in [-0.2, -0.15) is 0 Å². The molecule has 3 aliphatic heterocycles. The van der Waals surface area contributed by atoms with Crippen LogP contribution in [0, 0.1) is 5.92 Å². The largest absolute Gasteiger partial charge is 0.480 e. The Hall–Kier alpha value is -2.64. The third kappa shape index (κ3) is 4.77. The number of carboxylic acid groups (broad SMARTS) is 1. The first-order chi connectivity index (χ1) is 16.5. The number of rotatable bonds is 5. The lowest BCUT2D eigenvalue weighted by Gasteiger charge is -2.34. The fraction of sp³-hybridized carbons (Fsp3) is 0.500. The Balaban J connectivity index is 1.19. The quantitative estimate of drug-likeness (QED) is 0.671. The first-order valence-electron chi connectivity index (χ1n) is 12.2. The van der Waals surface area contributed by atoms with Crippen molar-refractivity contribution in [3.05, 3.63) is 58.2 Å². The van der Waals surface area contributed by atoms with Crippen LogP contribution in [0.2, 0.25) is 5.02 Å². The molecule has 1 amide bonds. The summed E-state index contributed by atoms with van der Waals surface area (Å²) in [5.41, 5.74) is 3.07. The summed E-state index contributed by atoms with van der Waals surface area (Å²) in [6.45, 7) is 3.48. The fourth-order valence-corrected chi connectivity index (χ4v) is 5.83. The van der Waals surface area contributed by atoms with Crippen molar-refractivity contribution in [3.63, 3.8) is 0 Å². The molecule has 0 spiro atoms. The summed E-state index contributed by atoms with van der Waals surface area (Å²) in [5, 5.41) is 13.8. The van der Waals surface area contributed by atoms with Crippen molar-refractivity contribution >= 4 is 29.3 Å². The lowest BCUT2D eigenvalue weighted by Crippen LogP contribution is -2.42. The summed E-state index contributed by atoms with van der Waals surface area (Å²) in [6, 6.07) is 10.6. The number of aliphatic carboxylic acids is 1.